The summed E-state index contributed by atoms with van der Waals surface area (Å²) in [6, 6.07) is 11.6. The van der Waals surface area contributed by atoms with Gasteiger partial charge >= 0.3 is 6.09 Å². The highest BCUT2D eigenvalue weighted by atomic mass is 32.1. The molecule has 2 aliphatic rings. The molecule has 160 valence electrons. The number of pyridine rings is 2. The second-order valence-corrected chi connectivity index (χ2v) is 9.21. The van der Waals surface area contributed by atoms with E-state index >= 15 is 0 Å². The van der Waals surface area contributed by atoms with Crippen LogP contribution in [0.1, 0.15) is 31.4 Å². The summed E-state index contributed by atoms with van der Waals surface area (Å²) in [5.41, 5.74) is 2.31. The number of amides is 1. The smallest absolute Gasteiger partial charge is 0.416 e. The van der Waals surface area contributed by atoms with Gasteiger partial charge in [-0.2, -0.15) is 0 Å². The highest BCUT2D eigenvalue weighted by molar-refractivity contribution is 7.14. The highest BCUT2D eigenvalue weighted by Crippen LogP contribution is 2.40. The molecule has 0 radical (unpaired) electrons. The average molecular weight is 436 g/mol. The first-order valence-corrected chi connectivity index (χ1v) is 11.5. The number of carbonyl (C=O) groups excluding carboxylic acids is 1. The molecule has 2 fully saturated rings. The van der Waals surface area contributed by atoms with Crippen molar-refractivity contribution in [2.45, 2.75) is 38.2 Å². The zero-order chi connectivity index (χ0) is 21.3. The Morgan fingerprint density at radius 3 is 2.81 bits per heavy atom. The van der Waals surface area contributed by atoms with E-state index in [1.165, 1.54) is 0 Å². The summed E-state index contributed by atoms with van der Waals surface area (Å²) in [6.07, 6.45) is 5.31. The standard InChI is InChI=1S/C23H25N5O2S/c1-16-5-4-7-20(26-16)28-15-23(30-22(28)29)10-8-17(9-11-23)13-25-21-27-19(14-31-21)18-6-2-3-12-24-18/h2-7,12,14,17H,8-11,13,15H2,1H3,(H,25,27)/t17-,23-. The summed E-state index contributed by atoms with van der Waals surface area (Å²) in [5, 5.41) is 6.44. The molecule has 1 spiro atoms. The van der Waals surface area contributed by atoms with E-state index in [1.54, 1.807) is 22.4 Å². The summed E-state index contributed by atoms with van der Waals surface area (Å²) < 4.78 is 5.87. The lowest BCUT2D eigenvalue weighted by Crippen LogP contribution is -2.39. The Kier molecular flexibility index (Phi) is 5.31. The lowest BCUT2D eigenvalue weighted by Gasteiger charge is -2.35. The minimum absolute atomic E-state index is 0.278. The summed E-state index contributed by atoms with van der Waals surface area (Å²) in [5.74, 6) is 1.22. The van der Waals surface area contributed by atoms with Crippen LogP contribution in [0.3, 0.4) is 0 Å². The third kappa shape index (κ3) is 4.25. The zero-order valence-electron chi connectivity index (χ0n) is 17.5. The van der Waals surface area contributed by atoms with E-state index in [1.807, 2.05) is 48.7 Å². The molecule has 1 amide bonds. The van der Waals surface area contributed by atoms with Crippen molar-refractivity contribution < 1.29 is 9.53 Å². The van der Waals surface area contributed by atoms with Crippen LogP contribution in [0.15, 0.2) is 48.0 Å². The Morgan fingerprint density at radius 2 is 2.03 bits per heavy atom. The van der Waals surface area contributed by atoms with Crippen LogP contribution in [0.2, 0.25) is 0 Å². The Balaban J connectivity index is 1.15. The maximum atomic E-state index is 12.5. The van der Waals surface area contributed by atoms with Crippen LogP contribution in [-0.2, 0) is 4.74 Å². The number of nitrogens with zero attached hydrogens (tertiary/aromatic N) is 4. The van der Waals surface area contributed by atoms with Crippen LogP contribution in [0.5, 0.6) is 0 Å². The number of aromatic nitrogens is 3. The maximum absolute atomic E-state index is 12.5. The first-order chi connectivity index (χ1) is 15.1. The quantitative estimate of drug-likeness (QED) is 0.614. The van der Waals surface area contributed by atoms with Crippen molar-refractivity contribution in [3.8, 4) is 11.4 Å². The molecule has 1 N–H and O–H groups in total. The number of aryl methyl sites for hydroxylation is 1. The monoisotopic (exact) mass is 435 g/mol. The van der Waals surface area contributed by atoms with E-state index < -0.39 is 0 Å². The van der Waals surface area contributed by atoms with Crippen LogP contribution in [0, 0.1) is 12.8 Å². The largest absolute Gasteiger partial charge is 0.441 e. The molecule has 0 bridgehead atoms. The fourth-order valence-corrected chi connectivity index (χ4v) is 5.08. The topological polar surface area (TPSA) is 80.2 Å². The molecular formula is C23H25N5O2S. The van der Waals surface area contributed by atoms with Crippen molar-refractivity contribution in [2.24, 2.45) is 5.92 Å². The first kappa shape index (κ1) is 19.9. The molecule has 5 rings (SSSR count). The number of hydrogen-bond acceptors (Lipinski definition) is 7. The van der Waals surface area contributed by atoms with Crippen molar-refractivity contribution >= 4 is 28.4 Å². The molecule has 3 aromatic rings. The van der Waals surface area contributed by atoms with Crippen LogP contribution in [0.4, 0.5) is 15.7 Å². The van der Waals surface area contributed by atoms with Gasteiger partial charge in [-0.05, 0) is 62.8 Å². The molecular weight excluding hydrogens is 410 g/mol. The van der Waals surface area contributed by atoms with E-state index in [2.05, 4.69) is 20.3 Å². The molecule has 1 saturated heterocycles. The van der Waals surface area contributed by atoms with Gasteiger partial charge in [-0.15, -0.1) is 11.3 Å². The molecule has 0 unspecified atom stereocenters. The molecule has 0 atom stereocenters. The third-order valence-electron chi connectivity index (χ3n) is 6.11. The van der Waals surface area contributed by atoms with Crippen molar-refractivity contribution in [2.75, 3.05) is 23.3 Å². The van der Waals surface area contributed by atoms with Gasteiger partial charge in [0.1, 0.15) is 17.1 Å². The average Bonchev–Trinajstić information content (AvgIpc) is 3.39. The molecule has 1 saturated carbocycles. The van der Waals surface area contributed by atoms with Gasteiger partial charge < -0.3 is 10.1 Å². The summed E-state index contributed by atoms with van der Waals surface area (Å²) in [6.45, 7) is 3.39. The second kappa shape index (κ2) is 8.26. The number of rotatable bonds is 5. The summed E-state index contributed by atoms with van der Waals surface area (Å²) in [7, 11) is 0. The van der Waals surface area contributed by atoms with Gasteiger partial charge in [-0.1, -0.05) is 12.1 Å². The van der Waals surface area contributed by atoms with Crippen LogP contribution < -0.4 is 10.2 Å². The van der Waals surface area contributed by atoms with Crippen LogP contribution >= 0.6 is 11.3 Å². The number of hydrogen-bond donors (Lipinski definition) is 1. The molecule has 3 aromatic heterocycles. The van der Waals surface area contributed by atoms with Gasteiger partial charge in [-0.25, -0.2) is 14.8 Å². The van der Waals surface area contributed by atoms with Gasteiger partial charge in [0, 0.05) is 23.8 Å². The fourth-order valence-electron chi connectivity index (χ4n) is 4.37. The van der Waals surface area contributed by atoms with Crippen molar-refractivity contribution in [3.05, 3.63) is 53.7 Å². The lowest BCUT2D eigenvalue weighted by molar-refractivity contribution is 0.0148. The Bertz CT molecular complexity index is 1060. The van der Waals surface area contributed by atoms with E-state index in [0.29, 0.717) is 18.3 Å². The van der Waals surface area contributed by atoms with Crippen molar-refractivity contribution in [3.63, 3.8) is 0 Å². The minimum atomic E-state index is -0.383. The Morgan fingerprint density at radius 1 is 1.16 bits per heavy atom. The zero-order valence-corrected chi connectivity index (χ0v) is 18.3. The van der Waals surface area contributed by atoms with E-state index in [9.17, 15) is 4.79 Å². The normalized spacial score (nSPS) is 23.2. The molecule has 8 heteroatoms. The number of nitrogens with one attached hydrogen (secondary N) is 1. The first-order valence-electron chi connectivity index (χ1n) is 10.7. The Hall–Kier alpha value is -3.00. The van der Waals surface area contributed by atoms with Crippen molar-refractivity contribution in [1.82, 2.24) is 15.0 Å². The van der Waals surface area contributed by atoms with Gasteiger partial charge in [0.2, 0.25) is 0 Å². The second-order valence-electron chi connectivity index (χ2n) is 8.35. The molecule has 7 nitrogen and oxygen atoms in total. The predicted molar refractivity (Wildman–Crippen MR) is 121 cm³/mol. The van der Waals surface area contributed by atoms with E-state index in [4.69, 9.17) is 4.74 Å². The van der Waals surface area contributed by atoms with E-state index in [-0.39, 0.29) is 11.7 Å². The van der Waals surface area contributed by atoms with Gasteiger partial charge in [-0.3, -0.25) is 9.88 Å². The third-order valence-corrected chi connectivity index (χ3v) is 6.91. The van der Waals surface area contributed by atoms with Gasteiger partial charge in [0.25, 0.3) is 0 Å². The summed E-state index contributed by atoms with van der Waals surface area (Å²) >= 11 is 1.61. The molecule has 31 heavy (non-hydrogen) atoms. The highest BCUT2D eigenvalue weighted by Gasteiger charge is 2.48. The SMILES string of the molecule is Cc1cccc(N2C[C@]3(CC[C@@H](CNc4nc(-c5ccccn5)cs4)CC3)OC2=O)n1. The van der Waals surface area contributed by atoms with Crippen molar-refractivity contribution in [1.29, 1.82) is 0 Å². The maximum Gasteiger partial charge on any atom is 0.416 e. The van der Waals surface area contributed by atoms with Gasteiger partial charge in [0.05, 0.1) is 12.2 Å². The number of carbonyl (C=O) groups is 1. The Labute approximate surface area is 185 Å². The molecule has 1 aliphatic carbocycles. The lowest BCUT2D eigenvalue weighted by atomic mass is 9.78. The number of thiazole rings is 1. The number of anilines is 2. The van der Waals surface area contributed by atoms with Crippen LogP contribution in [0.25, 0.3) is 11.4 Å². The minimum Gasteiger partial charge on any atom is -0.441 e. The fraction of sp³-hybridized carbons (Fsp3) is 0.391. The van der Waals surface area contributed by atoms with Crippen LogP contribution in [-0.4, -0.2) is 39.7 Å². The molecule has 4 heterocycles. The predicted octanol–water partition coefficient (Wildman–Crippen LogP) is 4.91. The van der Waals surface area contributed by atoms with Gasteiger partial charge in [0.15, 0.2) is 5.13 Å². The van der Waals surface area contributed by atoms with E-state index in [0.717, 1.165) is 54.4 Å². The summed E-state index contributed by atoms with van der Waals surface area (Å²) in [4.78, 5) is 27.7. The number of ether oxygens (including phenoxy) is 1. The molecule has 0 aromatic carbocycles. The molecule has 1 aliphatic heterocycles.